The third kappa shape index (κ3) is 23.2. The van der Waals surface area contributed by atoms with Gasteiger partial charge in [0.1, 0.15) is 0 Å². The van der Waals surface area contributed by atoms with E-state index in [4.69, 9.17) is 0 Å². The zero-order valence-electron chi connectivity index (χ0n) is 15.5. The third-order valence-electron chi connectivity index (χ3n) is 4.21. The highest BCUT2D eigenvalue weighted by molar-refractivity contribution is 9.09. The minimum Gasteiger partial charge on any atom is -1.00 e. The molecule has 0 saturated carbocycles. The average Bonchev–Trinajstić information content (AvgIpc) is 2.42. The van der Waals surface area contributed by atoms with Gasteiger partial charge in [-0.15, -0.1) is 0 Å². The van der Waals surface area contributed by atoms with Gasteiger partial charge >= 0.3 is 0 Å². The Balaban J connectivity index is 0. The van der Waals surface area contributed by atoms with Crippen molar-refractivity contribution < 1.29 is 21.5 Å². The maximum atomic E-state index is 3.49. The van der Waals surface area contributed by atoms with Crippen LogP contribution in [-0.4, -0.2) is 37.5 Å². The summed E-state index contributed by atoms with van der Waals surface area (Å²) >= 11 is 3.49. The SMILES string of the molecule is C[N+](C)(C)CCCCCCCCCCCCCCCCBr.[Br-]. The van der Waals surface area contributed by atoms with Gasteiger partial charge in [-0.1, -0.05) is 86.6 Å². The van der Waals surface area contributed by atoms with E-state index in [-0.39, 0.29) is 17.0 Å². The molecule has 0 saturated heterocycles. The molecule has 0 bridgehead atoms. The molecule has 0 aliphatic carbocycles. The number of alkyl halides is 1. The lowest BCUT2D eigenvalue weighted by Crippen LogP contribution is -3.00. The van der Waals surface area contributed by atoms with Gasteiger partial charge in [-0.25, -0.2) is 0 Å². The monoisotopic (exact) mass is 441 g/mol. The maximum absolute atomic E-state index is 3.49. The Morgan fingerprint density at radius 1 is 0.500 bits per heavy atom. The molecule has 0 unspecified atom stereocenters. The highest BCUT2D eigenvalue weighted by atomic mass is 79.9. The molecule has 0 aliphatic heterocycles. The topological polar surface area (TPSA) is 0 Å². The van der Waals surface area contributed by atoms with Crippen LogP contribution in [0.1, 0.15) is 89.9 Å². The van der Waals surface area contributed by atoms with Crippen molar-refractivity contribution in [3.8, 4) is 0 Å². The van der Waals surface area contributed by atoms with Gasteiger partial charge in [0.2, 0.25) is 0 Å². The minimum absolute atomic E-state index is 0. The van der Waals surface area contributed by atoms with Crippen molar-refractivity contribution in [2.24, 2.45) is 0 Å². The first-order valence-corrected chi connectivity index (χ1v) is 10.5. The fourth-order valence-electron chi connectivity index (χ4n) is 2.80. The summed E-state index contributed by atoms with van der Waals surface area (Å²) in [7, 11) is 6.88. The molecule has 0 amide bonds. The second-order valence-corrected chi connectivity index (χ2v) is 8.45. The summed E-state index contributed by atoms with van der Waals surface area (Å²) in [5.41, 5.74) is 0. The van der Waals surface area contributed by atoms with E-state index >= 15 is 0 Å². The predicted molar refractivity (Wildman–Crippen MR) is 101 cm³/mol. The van der Waals surface area contributed by atoms with Gasteiger partial charge < -0.3 is 21.5 Å². The van der Waals surface area contributed by atoms with Crippen LogP contribution in [-0.2, 0) is 0 Å². The highest BCUT2D eigenvalue weighted by Crippen LogP contribution is 2.13. The van der Waals surface area contributed by atoms with Crippen LogP contribution < -0.4 is 17.0 Å². The van der Waals surface area contributed by atoms with Gasteiger partial charge in [-0.2, -0.15) is 0 Å². The number of unbranched alkanes of at least 4 members (excludes halogenated alkanes) is 13. The molecule has 0 atom stereocenters. The van der Waals surface area contributed by atoms with Crippen LogP contribution in [0.5, 0.6) is 0 Å². The van der Waals surface area contributed by atoms with Crippen molar-refractivity contribution in [2.45, 2.75) is 89.9 Å². The summed E-state index contributed by atoms with van der Waals surface area (Å²) in [6.45, 7) is 1.33. The summed E-state index contributed by atoms with van der Waals surface area (Å²) in [4.78, 5) is 0. The van der Waals surface area contributed by atoms with E-state index in [1.165, 1.54) is 102 Å². The Labute approximate surface area is 160 Å². The first-order chi connectivity index (χ1) is 10.1. The van der Waals surface area contributed by atoms with Crippen molar-refractivity contribution in [1.29, 1.82) is 0 Å². The molecular formula is C19H41Br2N. The number of rotatable bonds is 16. The van der Waals surface area contributed by atoms with Gasteiger partial charge in [0.25, 0.3) is 0 Å². The van der Waals surface area contributed by atoms with Crippen molar-refractivity contribution in [2.75, 3.05) is 33.0 Å². The number of hydrogen-bond acceptors (Lipinski definition) is 0. The van der Waals surface area contributed by atoms with Gasteiger partial charge in [0.05, 0.1) is 27.7 Å². The van der Waals surface area contributed by atoms with Gasteiger partial charge in [0.15, 0.2) is 0 Å². The average molecular weight is 443 g/mol. The summed E-state index contributed by atoms with van der Waals surface area (Å²) in [5.74, 6) is 0. The summed E-state index contributed by atoms with van der Waals surface area (Å²) < 4.78 is 1.12. The third-order valence-corrected chi connectivity index (χ3v) is 4.77. The van der Waals surface area contributed by atoms with E-state index in [2.05, 4.69) is 37.1 Å². The molecule has 0 spiro atoms. The second-order valence-electron chi connectivity index (χ2n) is 7.65. The summed E-state index contributed by atoms with van der Waals surface area (Å²) in [5, 5.41) is 1.18. The van der Waals surface area contributed by atoms with E-state index in [1.807, 2.05) is 0 Å². The largest absolute Gasteiger partial charge is 1.00 e. The van der Waals surface area contributed by atoms with Crippen LogP contribution in [0.25, 0.3) is 0 Å². The van der Waals surface area contributed by atoms with Gasteiger partial charge in [-0.3, -0.25) is 0 Å². The van der Waals surface area contributed by atoms with Crippen LogP contribution in [0.2, 0.25) is 0 Å². The first kappa shape index (κ1) is 25.2. The molecule has 0 aromatic heterocycles. The van der Waals surface area contributed by atoms with Crippen LogP contribution in [0.3, 0.4) is 0 Å². The Bertz CT molecular complexity index is 202. The van der Waals surface area contributed by atoms with E-state index in [0.29, 0.717) is 0 Å². The molecular weight excluding hydrogens is 402 g/mol. The number of hydrogen-bond donors (Lipinski definition) is 0. The molecule has 0 rings (SSSR count). The van der Waals surface area contributed by atoms with Crippen LogP contribution >= 0.6 is 15.9 Å². The predicted octanol–water partition coefficient (Wildman–Crippen LogP) is 3.55. The molecule has 0 aromatic carbocycles. The van der Waals surface area contributed by atoms with E-state index in [1.54, 1.807) is 0 Å². The fraction of sp³-hybridized carbons (Fsp3) is 1.00. The lowest BCUT2D eigenvalue weighted by molar-refractivity contribution is -0.870. The van der Waals surface area contributed by atoms with Crippen molar-refractivity contribution in [1.82, 2.24) is 0 Å². The molecule has 0 N–H and O–H groups in total. The molecule has 0 heterocycles. The standard InChI is InChI=1S/C19H41BrN.BrH/c1-21(2,3)19-17-15-13-11-9-7-5-4-6-8-10-12-14-16-18-20;/h4-19H2,1-3H3;1H/q+1;/p-1. The number of quaternary nitrogens is 1. The van der Waals surface area contributed by atoms with Crippen LogP contribution in [0.4, 0.5) is 0 Å². The van der Waals surface area contributed by atoms with Gasteiger partial charge in [0, 0.05) is 5.33 Å². The van der Waals surface area contributed by atoms with Crippen molar-refractivity contribution >= 4 is 15.9 Å². The fourth-order valence-corrected chi connectivity index (χ4v) is 3.20. The Morgan fingerprint density at radius 2 is 0.773 bits per heavy atom. The summed E-state index contributed by atoms with van der Waals surface area (Å²) in [6.07, 6.45) is 20.2. The quantitative estimate of drug-likeness (QED) is 0.195. The Morgan fingerprint density at radius 3 is 1.05 bits per heavy atom. The zero-order valence-corrected chi connectivity index (χ0v) is 18.7. The molecule has 0 radical (unpaired) electrons. The minimum atomic E-state index is 0. The Kier molecular flexibility index (Phi) is 20.9. The summed E-state index contributed by atoms with van der Waals surface area (Å²) in [6, 6.07) is 0. The smallest absolute Gasteiger partial charge is 0.0780 e. The van der Waals surface area contributed by atoms with Crippen LogP contribution in [0.15, 0.2) is 0 Å². The lowest BCUT2D eigenvalue weighted by Gasteiger charge is -2.23. The van der Waals surface area contributed by atoms with Crippen LogP contribution in [0, 0.1) is 0 Å². The lowest BCUT2D eigenvalue weighted by atomic mass is 10.0. The Hall–Kier alpha value is 0.920. The molecule has 136 valence electrons. The van der Waals surface area contributed by atoms with Crippen molar-refractivity contribution in [3.63, 3.8) is 0 Å². The molecule has 0 aliphatic rings. The van der Waals surface area contributed by atoms with E-state index < -0.39 is 0 Å². The van der Waals surface area contributed by atoms with Crippen molar-refractivity contribution in [3.05, 3.63) is 0 Å². The normalized spacial score (nSPS) is 11.5. The van der Waals surface area contributed by atoms with Gasteiger partial charge in [-0.05, 0) is 19.3 Å². The molecule has 3 heteroatoms. The second kappa shape index (κ2) is 18.3. The zero-order chi connectivity index (χ0) is 15.8. The first-order valence-electron chi connectivity index (χ1n) is 9.43. The number of nitrogens with zero attached hydrogens (tertiary/aromatic N) is 1. The molecule has 0 aromatic rings. The highest BCUT2D eigenvalue weighted by Gasteiger charge is 2.04. The maximum Gasteiger partial charge on any atom is 0.0780 e. The number of halogens is 2. The molecule has 22 heavy (non-hydrogen) atoms. The molecule has 0 fully saturated rings. The molecule has 1 nitrogen and oxygen atoms in total. The van der Waals surface area contributed by atoms with E-state index in [9.17, 15) is 0 Å². The van der Waals surface area contributed by atoms with E-state index in [0.717, 1.165) is 4.48 Å².